The highest BCUT2D eigenvalue weighted by Gasteiger charge is 2.54. The lowest BCUT2D eigenvalue weighted by molar-refractivity contribution is -0.141. The predicted molar refractivity (Wildman–Crippen MR) is 120 cm³/mol. The Morgan fingerprint density at radius 2 is 2.09 bits per heavy atom. The normalized spacial score (nSPS) is 25.0. The summed E-state index contributed by atoms with van der Waals surface area (Å²) in [5, 5.41) is 10.2. The van der Waals surface area contributed by atoms with Gasteiger partial charge in [0.2, 0.25) is 5.95 Å². The molecule has 0 amide bonds. The maximum Gasteiger partial charge on any atom is 0.280 e. The largest absolute Gasteiger partial charge is 0.411 e. The van der Waals surface area contributed by atoms with Crippen LogP contribution in [0.3, 0.4) is 0 Å². The first-order valence-corrected chi connectivity index (χ1v) is 14.8. The van der Waals surface area contributed by atoms with Crippen molar-refractivity contribution in [3.63, 3.8) is 0 Å². The Balaban J connectivity index is 2.04. The van der Waals surface area contributed by atoms with Gasteiger partial charge >= 0.3 is 0 Å². The van der Waals surface area contributed by atoms with Gasteiger partial charge in [0.15, 0.2) is 19.5 Å². The van der Waals surface area contributed by atoms with Gasteiger partial charge < -0.3 is 20.0 Å². The number of rotatable bonds is 7. The molecule has 0 saturated carbocycles. The van der Waals surface area contributed by atoms with Crippen LogP contribution in [0.15, 0.2) is 11.1 Å². The second kappa shape index (κ2) is 8.18. The molecule has 1 aliphatic rings. The number of nitrogens with two attached hydrogens (primary N) is 1. The fourth-order valence-corrected chi connectivity index (χ4v) is 5.11. The number of hydrogen-bond acceptors (Lipinski definition) is 10. The van der Waals surface area contributed by atoms with E-state index in [9.17, 15) is 18.3 Å². The fraction of sp³-hybridized carbons (Fsp3) is 0.722. The molecule has 2 aromatic rings. The molecular weight excluding hydrogens is 458 g/mol. The second-order valence-electron chi connectivity index (χ2n) is 9.64. The molecule has 0 aromatic carbocycles. The monoisotopic (exact) mass is 489 g/mol. The summed E-state index contributed by atoms with van der Waals surface area (Å²) in [6, 6.07) is 0. The number of nitrogens with one attached hydrogen (secondary N) is 1. The van der Waals surface area contributed by atoms with Crippen LogP contribution < -0.4 is 11.3 Å². The van der Waals surface area contributed by atoms with Gasteiger partial charge in [-0.1, -0.05) is 20.8 Å². The van der Waals surface area contributed by atoms with Crippen LogP contribution in [0, 0.1) is 0 Å². The number of aliphatic hydroxyl groups excluding tert-OH is 1. The molecule has 12 nitrogen and oxygen atoms in total. The number of nitrogen functional groups attached to an aromatic ring is 1. The summed E-state index contributed by atoms with van der Waals surface area (Å²) in [5.74, 6) is -0.0786. The third-order valence-corrected chi connectivity index (χ3v) is 11.2. The molecular formula is C18H31N5O7SSi. The van der Waals surface area contributed by atoms with Crippen molar-refractivity contribution in [2.24, 2.45) is 0 Å². The minimum Gasteiger partial charge on any atom is -0.411 e. The standard InChI is InChI=1S/C18H31N5O7SSi/c1-17(2,3)32(5,6)30-11-7-12(29-18(11,8-24)9-28-31(4,26)27)23-10-20-13-14(23)21-16(19)22-15(13)25/h10-12,24H,7-9H2,1-6H3,(H3,19,21,22,25)/t11-,12+,18-/m0/s1. The molecule has 3 heterocycles. The van der Waals surface area contributed by atoms with E-state index < -0.39 is 55.1 Å². The van der Waals surface area contributed by atoms with Gasteiger partial charge in [-0.25, -0.2) is 4.98 Å². The first kappa shape index (κ1) is 24.8. The van der Waals surface area contributed by atoms with Gasteiger partial charge in [-0.15, -0.1) is 0 Å². The Morgan fingerprint density at radius 3 is 2.66 bits per heavy atom. The third-order valence-electron chi connectivity index (χ3n) is 6.16. The number of aromatic nitrogens is 4. The van der Waals surface area contributed by atoms with E-state index in [1.807, 2.05) is 13.1 Å². The van der Waals surface area contributed by atoms with Crippen molar-refractivity contribution in [1.29, 1.82) is 0 Å². The van der Waals surface area contributed by atoms with Crippen LogP contribution >= 0.6 is 0 Å². The van der Waals surface area contributed by atoms with Crippen LogP contribution in [0.1, 0.15) is 33.4 Å². The van der Waals surface area contributed by atoms with Gasteiger partial charge in [-0.05, 0) is 18.1 Å². The highest BCUT2D eigenvalue weighted by molar-refractivity contribution is 7.85. The topological polar surface area (TPSA) is 172 Å². The average molecular weight is 490 g/mol. The average Bonchev–Trinajstić information content (AvgIpc) is 3.20. The molecule has 180 valence electrons. The van der Waals surface area contributed by atoms with Gasteiger partial charge in [0.25, 0.3) is 15.7 Å². The highest BCUT2D eigenvalue weighted by atomic mass is 32.2. The number of hydrogen-bond donors (Lipinski definition) is 3. The maximum absolute atomic E-state index is 12.1. The van der Waals surface area contributed by atoms with Crippen LogP contribution in [0.25, 0.3) is 11.2 Å². The fourth-order valence-electron chi connectivity index (χ4n) is 3.32. The molecule has 2 aromatic heterocycles. The van der Waals surface area contributed by atoms with E-state index in [0.717, 1.165) is 6.26 Å². The molecule has 0 bridgehead atoms. The Kier molecular flexibility index (Phi) is 6.34. The summed E-state index contributed by atoms with van der Waals surface area (Å²) < 4.78 is 42.7. The molecule has 4 N–H and O–H groups in total. The van der Waals surface area contributed by atoms with Crippen LogP contribution in [-0.4, -0.2) is 72.5 Å². The molecule has 32 heavy (non-hydrogen) atoms. The zero-order valence-corrected chi connectivity index (χ0v) is 20.9. The second-order valence-corrected chi connectivity index (χ2v) is 16.0. The summed E-state index contributed by atoms with van der Waals surface area (Å²) in [6.45, 7) is 9.35. The Labute approximate surface area is 187 Å². The summed E-state index contributed by atoms with van der Waals surface area (Å²) in [4.78, 5) is 22.8. The smallest absolute Gasteiger partial charge is 0.280 e. The quantitative estimate of drug-likeness (QED) is 0.371. The lowest BCUT2D eigenvalue weighted by Gasteiger charge is -2.42. The number of anilines is 1. The number of aliphatic hydroxyl groups is 1. The van der Waals surface area contributed by atoms with Crippen molar-refractivity contribution < 1.29 is 26.9 Å². The van der Waals surface area contributed by atoms with E-state index in [1.54, 1.807) is 0 Å². The van der Waals surface area contributed by atoms with Gasteiger partial charge in [0, 0.05) is 6.42 Å². The number of aromatic amines is 1. The summed E-state index contributed by atoms with van der Waals surface area (Å²) >= 11 is 0. The Bertz CT molecular complexity index is 1160. The zero-order chi connectivity index (χ0) is 24.1. The molecule has 0 aliphatic carbocycles. The van der Waals surface area contributed by atoms with E-state index in [-0.39, 0.29) is 28.6 Å². The molecule has 0 unspecified atom stereocenters. The van der Waals surface area contributed by atoms with Crippen LogP contribution in [-0.2, 0) is 23.5 Å². The number of ether oxygens (including phenoxy) is 1. The van der Waals surface area contributed by atoms with Crippen LogP contribution in [0.2, 0.25) is 18.1 Å². The zero-order valence-electron chi connectivity index (χ0n) is 19.1. The SMILES string of the molecule is CC(C)(C)[Si](C)(C)O[C@H]1C[C@H](n2cnc3c(=O)[nH]c(N)nc32)O[C@@]1(CO)COS(C)(=O)=O. The number of nitrogens with zero attached hydrogens (tertiary/aromatic N) is 3. The molecule has 14 heteroatoms. The molecule has 0 radical (unpaired) electrons. The van der Waals surface area contributed by atoms with Crippen molar-refractivity contribution in [3.05, 3.63) is 16.7 Å². The minimum atomic E-state index is -3.80. The summed E-state index contributed by atoms with van der Waals surface area (Å²) in [7, 11) is -6.15. The molecule has 3 rings (SSSR count). The lowest BCUT2D eigenvalue weighted by atomic mass is 9.99. The van der Waals surface area contributed by atoms with Gasteiger partial charge in [-0.2, -0.15) is 13.4 Å². The van der Waals surface area contributed by atoms with E-state index in [2.05, 4.69) is 35.7 Å². The summed E-state index contributed by atoms with van der Waals surface area (Å²) in [5.41, 5.74) is 4.04. The number of H-pyrrole nitrogens is 1. The van der Waals surface area contributed by atoms with Gasteiger partial charge in [0.05, 0.1) is 25.3 Å². The molecule has 3 atom stereocenters. The van der Waals surface area contributed by atoms with Crippen molar-refractivity contribution in [3.8, 4) is 0 Å². The first-order chi connectivity index (χ1) is 14.6. The molecule has 1 fully saturated rings. The van der Waals surface area contributed by atoms with Crippen molar-refractivity contribution in [1.82, 2.24) is 19.5 Å². The van der Waals surface area contributed by atoms with E-state index in [4.69, 9.17) is 19.1 Å². The number of fused-ring (bicyclic) bond motifs is 1. The molecule has 1 aliphatic heterocycles. The molecule has 0 spiro atoms. The van der Waals surface area contributed by atoms with Crippen molar-refractivity contribution >= 4 is 35.5 Å². The maximum atomic E-state index is 12.1. The van der Waals surface area contributed by atoms with E-state index in [0.29, 0.717) is 0 Å². The predicted octanol–water partition coefficient (Wildman–Crippen LogP) is 0.718. The van der Waals surface area contributed by atoms with Gasteiger partial charge in [-0.3, -0.25) is 18.5 Å². The highest BCUT2D eigenvalue weighted by Crippen LogP contribution is 2.45. The lowest BCUT2D eigenvalue weighted by Crippen LogP contribution is -2.54. The van der Waals surface area contributed by atoms with Crippen molar-refractivity contribution in [2.45, 2.75) is 63.3 Å². The van der Waals surface area contributed by atoms with Crippen LogP contribution in [0.5, 0.6) is 0 Å². The first-order valence-electron chi connectivity index (χ1n) is 10.1. The van der Waals surface area contributed by atoms with E-state index >= 15 is 0 Å². The molecule has 1 saturated heterocycles. The Hall–Kier alpha value is -1.84. The third kappa shape index (κ3) is 4.74. The van der Waals surface area contributed by atoms with Crippen LogP contribution in [0.4, 0.5) is 5.95 Å². The van der Waals surface area contributed by atoms with Gasteiger partial charge in [0.1, 0.15) is 18.4 Å². The number of imidazole rings is 1. The Morgan fingerprint density at radius 1 is 1.44 bits per heavy atom. The minimum absolute atomic E-state index is 0.0786. The summed E-state index contributed by atoms with van der Waals surface area (Å²) in [6.07, 6.45) is 1.14. The van der Waals surface area contributed by atoms with Crippen molar-refractivity contribution in [2.75, 3.05) is 25.2 Å². The van der Waals surface area contributed by atoms with E-state index in [1.165, 1.54) is 10.9 Å².